The van der Waals surface area contributed by atoms with Crippen molar-refractivity contribution in [2.24, 2.45) is 0 Å². The molecule has 0 saturated heterocycles. The van der Waals surface area contributed by atoms with E-state index in [1.807, 2.05) is 0 Å². The molecule has 0 unspecified atom stereocenters. The Hall–Kier alpha value is -2.29. The van der Waals surface area contributed by atoms with E-state index in [-0.39, 0.29) is 44.3 Å². The number of unbranched alkanes of at least 4 members (excludes halogenated alkanes) is 4. The van der Waals surface area contributed by atoms with Gasteiger partial charge in [0.2, 0.25) is 0 Å². The van der Waals surface area contributed by atoms with Crippen molar-refractivity contribution in [3.05, 3.63) is 43.7 Å². The minimum Gasteiger partial charge on any atom is -0.490 e. The van der Waals surface area contributed by atoms with Crippen LogP contribution in [0.15, 0.2) is 12.1 Å². The highest BCUT2D eigenvalue weighted by Gasteiger charge is 2.28. The van der Waals surface area contributed by atoms with Gasteiger partial charge in [-0.3, -0.25) is 4.79 Å². The molecule has 1 amide bonds. The van der Waals surface area contributed by atoms with E-state index < -0.39 is 17.8 Å². The summed E-state index contributed by atoms with van der Waals surface area (Å²) in [5.41, 5.74) is 0.656. The highest BCUT2D eigenvalue weighted by Crippen LogP contribution is 2.37. The van der Waals surface area contributed by atoms with Crippen molar-refractivity contribution in [2.75, 3.05) is 25.1 Å². The van der Waals surface area contributed by atoms with Gasteiger partial charge in [-0.05, 0) is 44.9 Å². The van der Waals surface area contributed by atoms with Crippen LogP contribution in [0.25, 0.3) is 0 Å². The van der Waals surface area contributed by atoms with Gasteiger partial charge in [0.05, 0.1) is 35.4 Å². The molecule has 0 aliphatic rings. The molecule has 1 aromatic carbocycles. The van der Waals surface area contributed by atoms with Crippen LogP contribution in [0.4, 0.5) is 5.00 Å². The van der Waals surface area contributed by atoms with Gasteiger partial charge in [-0.15, -0.1) is 11.3 Å². The van der Waals surface area contributed by atoms with Crippen molar-refractivity contribution in [2.45, 2.75) is 59.8 Å². The summed E-state index contributed by atoms with van der Waals surface area (Å²) in [5, 5.41) is 3.27. The third-order valence-electron chi connectivity index (χ3n) is 5.07. The topological polar surface area (TPSA) is 90.9 Å². The molecule has 1 N–H and O–H groups in total. The fraction of sp³-hybridized carbons (Fsp3) is 0.480. The zero-order chi connectivity index (χ0) is 26.0. The number of anilines is 1. The first kappa shape index (κ1) is 28.9. The van der Waals surface area contributed by atoms with E-state index in [0.717, 1.165) is 30.6 Å². The maximum absolute atomic E-state index is 13.0. The van der Waals surface area contributed by atoms with Gasteiger partial charge in [-0.2, -0.15) is 0 Å². The Morgan fingerprint density at radius 3 is 2.11 bits per heavy atom. The molecule has 0 fully saturated rings. The Labute approximate surface area is 220 Å². The van der Waals surface area contributed by atoms with Gasteiger partial charge in [0, 0.05) is 5.56 Å². The molecule has 2 aromatic rings. The molecular formula is C25H31Cl2NO6S. The molecular weight excluding hydrogens is 513 g/mol. The predicted molar refractivity (Wildman–Crippen MR) is 140 cm³/mol. The van der Waals surface area contributed by atoms with Crippen LogP contribution in [0.2, 0.25) is 10.0 Å². The van der Waals surface area contributed by atoms with Crippen LogP contribution in [0.1, 0.15) is 88.8 Å². The number of thiophene rings is 1. The number of halogens is 2. The maximum Gasteiger partial charge on any atom is 0.348 e. The number of esters is 2. The minimum absolute atomic E-state index is 0.105. The number of hydrogen-bond donors (Lipinski definition) is 1. The monoisotopic (exact) mass is 543 g/mol. The van der Waals surface area contributed by atoms with Crippen LogP contribution in [0, 0.1) is 6.92 Å². The summed E-state index contributed by atoms with van der Waals surface area (Å²) in [6.45, 7) is 7.91. The number of benzene rings is 1. The van der Waals surface area contributed by atoms with Crippen LogP contribution in [0.3, 0.4) is 0 Å². The van der Waals surface area contributed by atoms with Crippen molar-refractivity contribution in [1.82, 2.24) is 0 Å². The lowest BCUT2D eigenvalue weighted by Crippen LogP contribution is -2.15. The SMILES string of the molecule is CCCCCCCOc1c(Cl)cc(C(=O)Nc2sc(C(=O)OCC)c(C)c2C(=O)OCC)cc1Cl. The predicted octanol–water partition coefficient (Wildman–Crippen LogP) is 7.32. The smallest absolute Gasteiger partial charge is 0.348 e. The van der Waals surface area contributed by atoms with Gasteiger partial charge in [-0.1, -0.05) is 55.8 Å². The van der Waals surface area contributed by atoms with E-state index in [0.29, 0.717) is 17.9 Å². The summed E-state index contributed by atoms with van der Waals surface area (Å²) < 4.78 is 15.9. The van der Waals surface area contributed by atoms with Gasteiger partial charge in [0.15, 0.2) is 5.75 Å². The van der Waals surface area contributed by atoms with E-state index in [4.69, 9.17) is 37.4 Å². The zero-order valence-corrected chi connectivity index (χ0v) is 22.8. The summed E-state index contributed by atoms with van der Waals surface area (Å²) >= 11 is 13.6. The first-order valence-electron chi connectivity index (χ1n) is 11.7. The molecule has 35 heavy (non-hydrogen) atoms. The third-order valence-corrected chi connectivity index (χ3v) is 6.82. The number of nitrogens with one attached hydrogen (secondary N) is 1. The van der Waals surface area contributed by atoms with Crippen molar-refractivity contribution in [1.29, 1.82) is 0 Å². The molecule has 0 aliphatic heterocycles. The number of rotatable bonds is 13. The van der Waals surface area contributed by atoms with Crippen LogP contribution in [-0.2, 0) is 9.47 Å². The maximum atomic E-state index is 13.0. The molecule has 1 aromatic heterocycles. The second kappa shape index (κ2) is 14.3. The van der Waals surface area contributed by atoms with Gasteiger partial charge >= 0.3 is 11.9 Å². The van der Waals surface area contributed by atoms with E-state index >= 15 is 0 Å². The highest BCUT2D eigenvalue weighted by atomic mass is 35.5. The summed E-state index contributed by atoms with van der Waals surface area (Å²) in [5.74, 6) is -1.46. The van der Waals surface area contributed by atoms with Gasteiger partial charge in [0.25, 0.3) is 5.91 Å². The molecule has 10 heteroatoms. The summed E-state index contributed by atoms with van der Waals surface area (Å²) in [6.07, 6.45) is 5.44. The van der Waals surface area contributed by atoms with E-state index in [2.05, 4.69) is 12.2 Å². The lowest BCUT2D eigenvalue weighted by atomic mass is 10.1. The average molecular weight is 544 g/mol. The van der Waals surface area contributed by atoms with Crippen molar-refractivity contribution in [3.8, 4) is 5.75 Å². The van der Waals surface area contributed by atoms with Crippen molar-refractivity contribution >= 4 is 57.4 Å². The normalized spacial score (nSPS) is 10.7. The van der Waals surface area contributed by atoms with Gasteiger partial charge < -0.3 is 19.5 Å². The van der Waals surface area contributed by atoms with Crippen molar-refractivity contribution in [3.63, 3.8) is 0 Å². The van der Waals surface area contributed by atoms with Crippen LogP contribution in [0.5, 0.6) is 5.75 Å². The summed E-state index contributed by atoms with van der Waals surface area (Å²) in [7, 11) is 0. The fourth-order valence-corrected chi connectivity index (χ4v) is 5.01. The molecule has 0 spiro atoms. The number of carbonyl (C=O) groups excluding carboxylic acids is 3. The lowest BCUT2D eigenvalue weighted by molar-refractivity contribution is 0.0527. The molecule has 0 bridgehead atoms. The second-order valence-corrected chi connectivity index (χ2v) is 9.52. The number of amides is 1. The number of ether oxygens (including phenoxy) is 3. The van der Waals surface area contributed by atoms with Gasteiger partial charge in [-0.25, -0.2) is 9.59 Å². The Balaban J connectivity index is 2.23. The Morgan fingerprint density at radius 2 is 1.51 bits per heavy atom. The van der Waals surface area contributed by atoms with E-state index in [9.17, 15) is 14.4 Å². The summed E-state index contributed by atoms with van der Waals surface area (Å²) in [4.78, 5) is 38.1. The largest absolute Gasteiger partial charge is 0.490 e. The molecule has 0 saturated carbocycles. The Bertz CT molecular complexity index is 1030. The lowest BCUT2D eigenvalue weighted by Gasteiger charge is -2.12. The molecule has 2 rings (SSSR count). The zero-order valence-electron chi connectivity index (χ0n) is 20.4. The Kier molecular flexibility index (Phi) is 11.8. The van der Waals surface area contributed by atoms with Crippen LogP contribution in [-0.4, -0.2) is 37.7 Å². The molecule has 0 atom stereocenters. The quantitative estimate of drug-likeness (QED) is 0.210. The van der Waals surface area contributed by atoms with Gasteiger partial charge in [0.1, 0.15) is 9.88 Å². The number of carbonyl (C=O) groups is 3. The first-order chi connectivity index (χ1) is 16.7. The van der Waals surface area contributed by atoms with E-state index in [1.165, 1.54) is 25.0 Å². The van der Waals surface area contributed by atoms with Crippen LogP contribution >= 0.6 is 34.5 Å². The molecule has 192 valence electrons. The summed E-state index contributed by atoms with van der Waals surface area (Å²) in [6, 6.07) is 2.90. The van der Waals surface area contributed by atoms with E-state index in [1.54, 1.807) is 20.8 Å². The molecule has 7 nitrogen and oxygen atoms in total. The highest BCUT2D eigenvalue weighted by molar-refractivity contribution is 7.18. The number of hydrogen-bond acceptors (Lipinski definition) is 7. The average Bonchev–Trinajstić information content (AvgIpc) is 3.13. The molecule has 0 aliphatic carbocycles. The third kappa shape index (κ3) is 7.85. The second-order valence-electron chi connectivity index (χ2n) is 7.69. The Morgan fingerprint density at radius 1 is 0.914 bits per heavy atom. The van der Waals surface area contributed by atoms with Crippen LogP contribution < -0.4 is 10.1 Å². The van der Waals surface area contributed by atoms with Crippen molar-refractivity contribution < 1.29 is 28.6 Å². The fourth-order valence-electron chi connectivity index (χ4n) is 3.33. The molecule has 1 heterocycles. The first-order valence-corrected chi connectivity index (χ1v) is 13.2. The molecule has 0 radical (unpaired) electrons. The minimum atomic E-state index is -0.647. The standard InChI is InChI=1S/C25H31Cl2NO6S/c1-5-8-9-10-11-12-34-20-17(26)13-16(14-18(20)27)22(29)28-23-19(24(30)32-6-2)15(4)21(35-23)25(31)33-7-3/h13-14H,5-12H2,1-4H3,(H,28,29).